The van der Waals surface area contributed by atoms with Crippen molar-refractivity contribution in [1.29, 1.82) is 0 Å². The van der Waals surface area contributed by atoms with Gasteiger partial charge in [-0.15, -0.1) is 0 Å². The first-order valence-corrected chi connectivity index (χ1v) is 9.28. The quantitative estimate of drug-likeness (QED) is 0.930. The topological polar surface area (TPSA) is 63.4 Å². The van der Waals surface area contributed by atoms with Crippen LogP contribution in [0.25, 0.3) is 0 Å². The SMILES string of the molecule is CCc1ccc(S(=O)(=O)N2CCCCCC2C)cc1CN. The molecule has 1 fully saturated rings. The number of hydrogen-bond acceptors (Lipinski definition) is 3. The minimum absolute atomic E-state index is 0.0738. The van der Waals surface area contributed by atoms with E-state index in [2.05, 4.69) is 6.92 Å². The minimum atomic E-state index is -3.41. The monoisotopic (exact) mass is 310 g/mol. The summed E-state index contributed by atoms with van der Waals surface area (Å²) in [4.78, 5) is 0.383. The van der Waals surface area contributed by atoms with Gasteiger partial charge in [0.15, 0.2) is 0 Å². The third-order valence-corrected chi connectivity index (χ3v) is 6.39. The van der Waals surface area contributed by atoms with Gasteiger partial charge in [-0.05, 0) is 49.4 Å². The van der Waals surface area contributed by atoms with Gasteiger partial charge < -0.3 is 5.73 Å². The summed E-state index contributed by atoms with van der Waals surface area (Å²) in [6.45, 7) is 5.06. The van der Waals surface area contributed by atoms with Crippen LogP contribution in [0.3, 0.4) is 0 Å². The van der Waals surface area contributed by atoms with E-state index < -0.39 is 10.0 Å². The number of aryl methyl sites for hydroxylation is 1. The highest BCUT2D eigenvalue weighted by molar-refractivity contribution is 7.89. The highest BCUT2D eigenvalue weighted by Gasteiger charge is 2.30. The summed E-state index contributed by atoms with van der Waals surface area (Å²) in [5.74, 6) is 0. The molecule has 0 bridgehead atoms. The number of nitrogens with zero attached hydrogens (tertiary/aromatic N) is 1. The molecule has 1 aliphatic rings. The van der Waals surface area contributed by atoms with E-state index in [-0.39, 0.29) is 6.04 Å². The molecule has 1 aromatic carbocycles. The first-order valence-electron chi connectivity index (χ1n) is 7.84. The Hall–Kier alpha value is -0.910. The van der Waals surface area contributed by atoms with Crippen LogP contribution in [0.4, 0.5) is 0 Å². The third kappa shape index (κ3) is 3.47. The van der Waals surface area contributed by atoms with Gasteiger partial charge in [-0.1, -0.05) is 25.8 Å². The van der Waals surface area contributed by atoms with Gasteiger partial charge in [-0.25, -0.2) is 8.42 Å². The molecule has 118 valence electrons. The third-order valence-electron chi connectivity index (χ3n) is 4.38. The van der Waals surface area contributed by atoms with Gasteiger partial charge >= 0.3 is 0 Å². The van der Waals surface area contributed by atoms with E-state index in [1.54, 1.807) is 16.4 Å². The molecule has 0 spiro atoms. The van der Waals surface area contributed by atoms with Crippen LogP contribution in [0.2, 0.25) is 0 Å². The molecule has 21 heavy (non-hydrogen) atoms. The standard InChI is InChI=1S/C16H26N2O2S/c1-3-14-8-9-16(11-15(14)12-17)21(19,20)18-10-6-4-5-7-13(18)2/h8-9,11,13H,3-7,10,12,17H2,1-2H3. The van der Waals surface area contributed by atoms with E-state index in [4.69, 9.17) is 5.73 Å². The molecule has 0 saturated carbocycles. The molecular weight excluding hydrogens is 284 g/mol. The fourth-order valence-electron chi connectivity index (χ4n) is 3.04. The number of sulfonamides is 1. The average molecular weight is 310 g/mol. The summed E-state index contributed by atoms with van der Waals surface area (Å²) < 4.78 is 27.5. The summed E-state index contributed by atoms with van der Waals surface area (Å²) in [5.41, 5.74) is 7.82. The van der Waals surface area contributed by atoms with Crippen LogP contribution in [0.15, 0.2) is 23.1 Å². The second-order valence-electron chi connectivity index (χ2n) is 5.80. The molecule has 0 aliphatic carbocycles. The highest BCUT2D eigenvalue weighted by Crippen LogP contribution is 2.26. The van der Waals surface area contributed by atoms with Gasteiger partial charge in [0.25, 0.3) is 0 Å². The summed E-state index contributed by atoms with van der Waals surface area (Å²) in [7, 11) is -3.41. The lowest BCUT2D eigenvalue weighted by molar-refractivity contribution is 0.342. The lowest BCUT2D eigenvalue weighted by atomic mass is 10.1. The van der Waals surface area contributed by atoms with Crippen molar-refractivity contribution < 1.29 is 8.42 Å². The zero-order valence-corrected chi connectivity index (χ0v) is 13.8. The molecule has 1 atom stereocenters. The smallest absolute Gasteiger partial charge is 0.243 e. The van der Waals surface area contributed by atoms with Crippen LogP contribution in [-0.4, -0.2) is 25.3 Å². The zero-order valence-electron chi connectivity index (χ0n) is 13.0. The average Bonchev–Trinajstić information content (AvgIpc) is 2.71. The van der Waals surface area contributed by atoms with Crippen molar-refractivity contribution in [3.8, 4) is 0 Å². The molecule has 1 unspecified atom stereocenters. The van der Waals surface area contributed by atoms with Crippen molar-refractivity contribution in [1.82, 2.24) is 4.31 Å². The summed E-state index contributed by atoms with van der Waals surface area (Å²) in [5, 5.41) is 0. The van der Waals surface area contributed by atoms with Gasteiger partial charge in [0.05, 0.1) is 4.90 Å². The Morgan fingerprint density at radius 3 is 2.67 bits per heavy atom. The number of nitrogens with two attached hydrogens (primary N) is 1. The molecule has 0 radical (unpaired) electrons. The van der Waals surface area contributed by atoms with Crippen molar-refractivity contribution in [3.05, 3.63) is 29.3 Å². The van der Waals surface area contributed by atoms with Crippen LogP contribution in [0, 0.1) is 0 Å². The molecule has 1 aromatic rings. The molecule has 0 amide bonds. The van der Waals surface area contributed by atoms with Crippen molar-refractivity contribution in [2.75, 3.05) is 6.54 Å². The van der Waals surface area contributed by atoms with E-state index in [1.165, 1.54) is 0 Å². The molecule has 2 rings (SSSR count). The largest absolute Gasteiger partial charge is 0.326 e. The van der Waals surface area contributed by atoms with Crippen molar-refractivity contribution in [2.45, 2.75) is 63.4 Å². The van der Waals surface area contributed by atoms with Gasteiger partial charge in [0.1, 0.15) is 0 Å². The van der Waals surface area contributed by atoms with Crippen LogP contribution in [-0.2, 0) is 23.0 Å². The van der Waals surface area contributed by atoms with E-state index in [0.29, 0.717) is 18.0 Å². The van der Waals surface area contributed by atoms with E-state index in [0.717, 1.165) is 43.2 Å². The fourth-order valence-corrected chi connectivity index (χ4v) is 4.79. The fraction of sp³-hybridized carbons (Fsp3) is 0.625. The molecule has 1 saturated heterocycles. The first kappa shape index (κ1) is 16.5. The maximum absolute atomic E-state index is 12.9. The predicted octanol–water partition coefficient (Wildman–Crippen LogP) is 2.66. The Kier molecular flexibility index (Phi) is 5.41. The Morgan fingerprint density at radius 1 is 1.24 bits per heavy atom. The van der Waals surface area contributed by atoms with E-state index >= 15 is 0 Å². The van der Waals surface area contributed by atoms with Crippen molar-refractivity contribution in [3.63, 3.8) is 0 Å². The van der Waals surface area contributed by atoms with Gasteiger partial charge in [0, 0.05) is 19.1 Å². The molecule has 1 aliphatic heterocycles. The molecular formula is C16H26N2O2S. The number of benzene rings is 1. The molecule has 5 heteroatoms. The normalized spacial score (nSPS) is 21.2. The Labute approximate surface area is 128 Å². The van der Waals surface area contributed by atoms with Gasteiger partial charge in [-0.3, -0.25) is 0 Å². The molecule has 2 N–H and O–H groups in total. The van der Waals surface area contributed by atoms with Crippen molar-refractivity contribution in [2.24, 2.45) is 5.73 Å². The minimum Gasteiger partial charge on any atom is -0.326 e. The second-order valence-corrected chi connectivity index (χ2v) is 7.69. The Morgan fingerprint density at radius 2 is 2.00 bits per heavy atom. The molecule has 0 aromatic heterocycles. The Bertz CT molecular complexity index is 584. The summed E-state index contributed by atoms with van der Waals surface area (Å²) in [6, 6.07) is 5.46. The summed E-state index contributed by atoms with van der Waals surface area (Å²) >= 11 is 0. The number of rotatable bonds is 4. The maximum atomic E-state index is 12.9. The van der Waals surface area contributed by atoms with E-state index in [1.807, 2.05) is 13.0 Å². The van der Waals surface area contributed by atoms with Crippen LogP contribution >= 0.6 is 0 Å². The maximum Gasteiger partial charge on any atom is 0.243 e. The predicted molar refractivity (Wildman–Crippen MR) is 85.5 cm³/mol. The van der Waals surface area contributed by atoms with E-state index in [9.17, 15) is 8.42 Å². The first-order chi connectivity index (χ1) is 10.0. The van der Waals surface area contributed by atoms with Crippen LogP contribution in [0.1, 0.15) is 50.7 Å². The number of hydrogen-bond donors (Lipinski definition) is 1. The molecule has 1 heterocycles. The lowest BCUT2D eigenvalue weighted by Crippen LogP contribution is -2.38. The van der Waals surface area contributed by atoms with Crippen LogP contribution in [0.5, 0.6) is 0 Å². The molecule has 4 nitrogen and oxygen atoms in total. The highest BCUT2D eigenvalue weighted by atomic mass is 32.2. The summed E-state index contributed by atoms with van der Waals surface area (Å²) in [6.07, 6.45) is 4.97. The van der Waals surface area contributed by atoms with Crippen LogP contribution < -0.4 is 5.73 Å². The Balaban J connectivity index is 2.38. The lowest BCUT2D eigenvalue weighted by Gasteiger charge is -2.26. The van der Waals surface area contributed by atoms with Gasteiger partial charge in [-0.2, -0.15) is 4.31 Å². The van der Waals surface area contributed by atoms with Gasteiger partial charge in [0.2, 0.25) is 10.0 Å². The second kappa shape index (κ2) is 6.90. The van der Waals surface area contributed by atoms with Crippen molar-refractivity contribution >= 4 is 10.0 Å². The zero-order chi connectivity index (χ0) is 15.5.